The molecule has 1 amide bonds. The number of aromatic hydroxyl groups is 1. The van der Waals surface area contributed by atoms with E-state index in [1.807, 2.05) is 38.1 Å². The molecular weight excluding hydrogens is 290 g/mol. The number of nitriles is 1. The SMILES string of the molecule is Cc1ccc(N/C=C(/C#N)C(=O)Nc2ccccc2C)c(O)c1. The molecule has 0 saturated carbocycles. The van der Waals surface area contributed by atoms with Gasteiger partial charge in [0.25, 0.3) is 5.91 Å². The summed E-state index contributed by atoms with van der Waals surface area (Å²) in [5, 5.41) is 24.4. The Balaban J connectivity index is 2.14. The maximum Gasteiger partial charge on any atom is 0.267 e. The van der Waals surface area contributed by atoms with E-state index < -0.39 is 5.91 Å². The maximum absolute atomic E-state index is 12.2. The fraction of sp³-hybridized carbons (Fsp3) is 0.111. The van der Waals surface area contributed by atoms with Gasteiger partial charge in [0.1, 0.15) is 17.4 Å². The van der Waals surface area contributed by atoms with Crippen molar-refractivity contribution in [3.05, 3.63) is 65.4 Å². The Morgan fingerprint density at radius 3 is 2.57 bits per heavy atom. The number of para-hydroxylation sites is 1. The third-order valence-corrected chi connectivity index (χ3v) is 3.28. The van der Waals surface area contributed by atoms with Crippen LogP contribution in [0.25, 0.3) is 0 Å². The number of rotatable bonds is 4. The van der Waals surface area contributed by atoms with Crippen LogP contribution in [0.3, 0.4) is 0 Å². The van der Waals surface area contributed by atoms with Crippen molar-refractivity contribution in [2.75, 3.05) is 10.6 Å². The second-order valence-corrected chi connectivity index (χ2v) is 5.10. The number of nitrogens with zero attached hydrogens (tertiary/aromatic N) is 1. The van der Waals surface area contributed by atoms with E-state index in [4.69, 9.17) is 5.26 Å². The van der Waals surface area contributed by atoms with E-state index in [-0.39, 0.29) is 11.3 Å². The van der Waals surface area contributed by atoms with E-state index in [9.17, 15) is 9.90 Å². The molecule has 5 heteroatoms. The van der Waals surface area contributed by atoms with Gasteiger partial charge in [-0.25, -0.2) is 0 Å². The number of benzene rings is 2. The highest BCUT2D eigenvalue weighted by atomic mass is 16.3. The lowest BCUT2D eigenvalue weighted by Gasteiger charge is -2.08. The van der Waals surface area contributed by atoms with Crippen LogP contribution >= 0.6 is 0 Å². The number of hydrogen-bond acceptors (Lipinski definition) is 4. The molecule has 0 aliphatic rings. The van der Waals surface area contributed by atoms with Crippen LogP contribution in [0.5, 0.6) is 5.75 Å². The smallest absolute Gasteiger partial charge is 0.267 e. The molecule has 0 heterocycles. The highest BCUT2D eigenvalue weighted by molar-refractivity contribution is 6.07. The van der Waals surface area contributed by atoms with Crippen LogP contribution in [-0.2, 0) is 4.79 Å². The molecule has 5 nitrogen and oxygen atoms in total. The lowest BCUT2D eigenvalue weighted by Crippen LogP contribution is -2.15. The minimum absolute atomic E-state index is 0.0536. The zero-order chi connectivity index (χ0) is 16.8. The second-order valence-electron chi connectivity index (χ2n) is 5.10. The van der Waals surface area contributed by atoms with Crippen LogP contribution in [0.15, 0.2) is 54.2 Å². The fourth-order valence-electron chi connectivity index (χ4n) is 1.97. The standard InChI is InChI=1S/C18H17N3O2/c1-12-7-8-16(17(22)9-12)20-11-14(10-19)18(23)21-15-6-4-3-5-13(15)2/h3-9,11,20,22H,1-2H3,(H,21,23)/b14-11-. The Morgan fingerprint density at radius 1 is 1.17 bits per heavy atom. The van der Waals surface area contributed by atoms with E-state index >= 15 is 0 Å². The fourth-order valence-corrected chi connectivity index (χ4v) is 1.97. The van der Waals surface area contributed by atoms with Gasteiger partial charge in [-0.3, -0.25) is 4.79 Å². The molecule has 3 N–H and O–H groups in total. The molecule has 0 aromatic heterocycles. The van der Waals surface area contributed by atoms with Crippen molar-refractivity contribution in [3.63, 3.8) is 0 Å². The molecule has 0 aliphatic heterocycles. The van der Waals surface area contributed by atoms with Crippen molar-refractivity contribution in [2.24, 2.45) is 0 Å². The van der Waals surface area contributed by atoms with Crippen LogP contribution in [0.2, 0.25) is 0 Å². The molecule has 116 valence electrons. The van der Waals surface area contributed by atoms with E-state index in [2.05, 4.69) is 10.6 Å². The van der Waals surface area contributed by atoms with Crippen molar-refractivity contribution in [2.45, 2.75) is 13.8 Å². The summed E-state index contributed by atoms with van der Waals surface area (Å²) < 4.78 is 0. The van der Waals surface area contributed by atoms with Crippen molar-refractivity contribution in [3.8, 4) is 11.8 Å². The van der Waals surface area contributed by atoms with Gasteiger partial charge in [0.15, 0.2) is 0 Å². The largest absolute Gasteiger partial charge is 0.506 e. The summed E-state index contributed by atoms with van der Waals surface area (Å²) in [6.45, 7) is 3.73. The van der Waals surface area contributed by atoms with Crippen molar-refractivity contribution >= 4 is 17.3 Å². The topological polar surface area (TPSA) is 85.2 Å². The van der Waals surface area contributed by atoms with Gasteiger partial charge in [-0.05, 0) is 43.2 Å². The summed E-state index contributed by atoms with van der Waals surface area (Å²) >= 11 is 0. The number of nitrogens with one attached hydrogen (secondary N) is 2. The van der Waals surface area contributed by atoms with Gasteiger partial charge < -0.3 is 15.7 Å². The average Bonchev–Trinajstić information content (AvgIpc) is 2.52. The summed E-state index contributed by atoms with van der Waals surface area (Å²) in [6.07, 6.45) is 1.28. The molecule has 0 atom stereocenters. The van der Waals surface area contributed by atoms with Crippen LogP contribution < -0.4 is 10.6 Å². The van der Waals surface area contributed by atoms with E-state index in [0.29, 0.717) is 11.4 Å². The van der Waals surface area contributed by atoms with Gasteiger partial charge >= 0.3 is 0 Å². The van der Waals surface area contributed by atoms with Gasteiger partial charge in [0.05, 0.1) is 5.69 Å². The Bertz CT molecular complexity index is 804. The van der Waals surface area contributed by atoms with Crippen molar-refractivity contribution in [1.29, 1.82) is 5.26 Å². The van der Waals surface area contributed by atoms with Crippen LogP contribution in [-0.4, -0.2) is 11.0 Å². The number of carbonyl (C=O) groups excluding carboxylic acids is 1. The van der Waals surface area contributed by atoms with Gasteiger partial charge in [-0.15, -0.1) is 0 Å². The number of hydrogen-bond donors (Lipinski definition) is 3. The number of amides is 1. The third kappa shape index (κ3) is 4.11. The Labute approximate surface area is 134 Å². The first-order valence-electron chi connectivity index (χ1n) is 7.04. The first-order chi connectivity index (χ1) is 11.0. The summed E-state index contributed by atoms with van der Waals surface area (Å²) in [6, 6.07) is 14.2. The normalized spacial score (nSPS) is 10.7. The molecular formula is C18H17N3O2. The zero-order valence-electron chi connectivity index (χ0n) is 12.9. The van der Waals surface area contributed by atoms with Gasteiger partial charge in [-0.1, -0.05) is 24.3 Å². The summed E-state index contributed by atoms with van der Waals surface area (Å²) in [5.74, 6) is -0.459. The quantitative estimate of drug-likeness (QED) is 0.459. The first kappa shape index (κ1) is 16.1. The molecule has 0 aliphatic carbocycles. The minimum atomic E-state index is -0.513. The van der Waals surface area contributed by atoms with Gasteiger partial charge in [0, 0.05) is 11.9 Å². The minimum Gasteiger partial charge on any atom is -0.506 e. The molecule has 0 radical (unpaired) electrons. The molecule has 0 spiro atoms. The molecule has 2 aromatic carbocycles. The predicted molar refractivity (Wildman–Crippen MR) is 90.0 cm³/mol. The van der Waals surface area contributed by atoms with E-state index in [0.717, 1.165) is 11.1 Å². The van der Waals surface area contributed by atoms with Crippen LogP contribution in [0, 0.1) is 25.2 Å². The number of carbonyl (C=O) groups is 1. The Hall–Kier alpha value is -3.26. The van der Waals surface area contributed by atoms with Gasteiger partial charge in [-0.2, -0.15) is 5.26 Å². The highest BCUT2D eigenvalue weighted by Gasteiger charge is 2.10. The summed E-state index contributed by atoms with van der Waals surface area (Å²) in [4.78, 5) is 12.2. The first-order valence-corrected chi connectivity index (χ1v) is 7.04. The number of phenolic OH excluding ortho intramolecular Hbond substituents is 1. The molecule has 23 heavy (non-hydrogen) atoms. The Kier molecular flexibility index (Phi) is 5.00. The second kappa shape index (κ2) is 7.14. The lowest BCUT2D eigenvalue weighted by atomic mass is 10.2. The summed E-state index contributed by atoms with van der Waals surface area (Å²) in [5.41, 5.74) is 2.80. The average molecular weight is 307 g/mol. The molecule has 0 bridgehead atoms. The van der Waals surface area contributed by atoms with E-state index in [1.54, 1.807) is 24.3 Å². The molecule has 0 unspecified atom stereocenters. The monoisotopic (exact) mass is 307 g/mol. The maximum atomic E-state index is 12.2. The number of anilines is 2. The molecule has 0 saturated heterocycles. The van der Waals surface area contributed by atoms with Crippen LogP contribution in [0.4, 0.5) is 11.4 Å². The molecule has 0 fully saturated rings. The third-order valence-electron chi connectivity index (χ3n) is 3.28. The molecule has 2 aromatic rings. The number of phenols is 1. The summed E-state index contributed by atoms with van der Waals surface area (Å²) in [7, 11) is 0. The lowest BCUT2D eigenvalue weighted by molar-refractivity contribution is -0.112. The van der Waals surface area contributed by atoms with Crippen molar-refractivity contribution in [1.82, 2.24) is 0 Å². The van der Waals surface area contributed by atoms with E-state index in [1.165, 1.54) is 6.20 Å². The molecule has 2 rings (SSSR count). The zero-order valence-corrected chi connectivity index (χ0v) is 12.9. The number of aryl methyl sites for hydroxylation is 2. The highest BCUT2D eigenvalue weighted by Crippen LogP contribution is 2.24. The van der Waals surface area contributed by atoms with Crippen molar-refractivity contribution < 1.29 is 9.90 Å². The van der Waals surface area contributed by atoms with Crippen LogP contribution in [0.1, 0.15) is 11.1 Å². The predicted octanol–water partition coefficient (Wildman–Crippen LogP) is 3.47. The van der Waals surface area contributed by atoms with Gasteiger partial charge in [0.2, 0.25) is 0 Å². The Morgan fingerprint density at radius 2 is 1.91 bits per heavy atom.